The Morgan fingerprint density at radius 3 is 2.33 bits per heavy atom. The number of hydrogen-bond donors (Lipinski definition) is 1. The fraction of sp³-hybridized carbons (Fsp3) is 0.333. The molecule has 0 heterocycles. The van der Waals surface area contributed by atoms with E-state index >= 15 is 0 Å². The Morgan fingerprint density at radius 1 is 1.33 bits per heavy atom. The highest BCUT2D eigenvalue weighted by molar-refractivity contribution is 5.42. The molecule has 0 unspecified atom stereocenters. The highest BCUT2D eigenvalue weighted by atomic mass is 19.1. The summed E-state index contributed by atoms with van der Waals surface area (Å²) in [5.74, 6) is -0.571. The number of rotatable bonds is 1. The Balaban J connectivity index is 3.14. The second-order valence-electron chi connectivity index (χ2n) is 3.21. The quantitative estimate of drug-likeness (QED) is 0.646. The summed E-state index contributed by atoms with van der Waals surface area (Å²) >= 11 is 0. The zero-order chi connectivity index (χ0) is 9.35. The summed E-state index contributed by atoms with van der Waals surface area (Å²) in [5, 5.41) is 0. The summed E-state index contributed by atoms with van der Waals surface area (Å²) < 4.78 is 26.0. The van der Waals surface area contributed by atoms with Crippen LogP contribution in [0.1, 0.15) is 19.4 Å². The van der Waals surface area contributed by atoms with Crippen molar-refractivity contribution < 1.29 is 8.78 Å². The number of alkyl halides is 1. The minimum Gasteiger partial charge on any atom is -0.396 e. The maximum absolute atomic E-state index is 13.2. The molecule has 0 aliphatic heterocycles. The van der Waals surface area contributed by atoms with Gasteiger partial charge in [0.15, 0.2) is 0 Å². The normalized spacial score (nSPS) is 11.7. The Labute approximate surface area is 70.2 Å². The van der Waals surface area contributed by atoms with Crippen molar-refractivity contribution in [3.8, 4) is 0 Å². The molecule has 66 valence electrons. The van der Waals surface area contributed by atoms with Crippen LogP contribution in [0.3, 0.4) is 0 Å². The summed E-state index contributed by atoms with van der Waals surface area (Å²) in [6, 6.07) is 3.97. The van der Waals surface area contributed by atoms with Gasteiger partial charge in [0.2, 0.25) is 0 Å². The molecular weight excluding hydrogens is 160 g/mol. The smallest absolute Gasteiger partial charge is 0.146 e. The minimum absolute atomic E-state index is 0.0444. The van der Waals surface area contributed by atoms with Crippen molar-refractivity contribution in [2.24, 2.45) is 0 Å². The van der Waals surface area contributed by atoms with E-state index in [2.05, 4.69) is 0 Å². The Kier molecular flexibility index (Phi) is 2.04. The van der Waals surface area contributed by atoms with Crippen molar-refractivity contribution in [3.05, 3.63) is 29.6 Å². The third-order valence-electron chi connectivity index (χ3n) is 1.69. The van der Waals surface area contributed by atoms with Crippen LogP contribution in [0.25, 0.3) is 0 Å². The Hall–Kier alpha value is -1.12. The lowest BCUT2D eigenvalue weighted by Gasteiger charge is -2.14. The average Bonchev–Trinajstić information content (AvgIpc) is 1.92. The summed E-state index contributed by atoms with van der Waals surface area (Å²) in [6.45, 7) is 2.75. The second-order valence-corrected chi connectivity index (χ2v) is 3.21. The molecule has 0 fully saturated rings. The second kappa shape index (κ2) is 2.73. The highest BCUT2D eigenvalue weighted by Gasteiger charge is 2.19. The number of nitrogens with two attached hydrogens (primary N) is 1. The molecule has 0 aliphatic carbocycles. The van der Waals surface area contributed by atoms with Crippen LogP contribution in [-0.2, 0) is 5.67 Å². The van der Waals surface area contributed by atoms with Gasteiger partial charge in [-0.1, -0.05) is 6.07 Å². The number of anilines is 1. The van der Waals surface area contributed by atoms with Gasteiger partial charge in [-0.3, -0.25) is 0 Å². The van der Waals surface area contributed by atoms with Crippen LogP contribution in [0, 0.1) is 5.82 Å². The summed E-state index contributed by atoms with van der Waals surface area (Å²) in [5.41, 5.74) is 4.06. The van der Waals surface area contributed by atoms with Crippen LogP contribution in [0.15, 0.2) is 18.2 Å². The largest absolute Gasteiger partial charge is 0.396 e. The molecule has 1 rings (SSSR count). The molecule has 0 bridgehead atoms. The molecule has 3 heteroatoms. The average molecular weight is 171 g/mol. The van der Waals surface area contributed by atoms with Gasteiger partial charge in [0.25, 0.3) is 0 Å². The van der Waals surface area contributed by atoms with Gasteiger partial charge in [0.05, 0.1) is 5.69 Å². The lowest BCUT2D eigenvalue weighted by Crippen LogP contribution is -2.09. The van der Waals surface area contributed by atoms with Crippen molar-refractivity contribution >= 4 is 5.69 Å². The van der Waals surface area contributed by atoms with Crippen LogP contribution in [0.5, 0.6) is 0 Å². The highest BCUT2D eigenvalue weighted by Crippen LogP contribution is 2.26. The van der Waals surface area contributed by atoms with E-state index in [9.17, 15) is 8.78 Å². The predicted molar refractivity (Wildman–Crippen MR) is 44.9 cm³/mol. The van der Waals surface area contributed by atoms with Crippen molar-refractivity contribution in [2.75, 3.05) is 5.73 Å². The van der Waals surface area contributed by atoms with Crippen molar-refractivity contribution in [2.45, 2.75) is 19.5 Å². The molecule has 0 spiro atoms. The number of halogens is 2. The molecule has 1 nitrogen and oxygen atoms in total. The topological polar surface area (TPSA) is 26.0 Å². The van der Waals surface area contributed by atoms with E-state index in [4.69, 9.17) is 5.73 Å². The zero-order valence-electron chi connectivity index (χ0n) is 7.07. The third-order valence-corrected chi connectivity index (χ3v) is 1.69. The first-order valence-electron chi connectivity index (χ1n) is 3.65. The van der Waals surface area contributed by atoms with Crippen molar-refractivity contribution in [1.29, 1.82) is 0 Å². The van der Waals surface area contributed by atoms with Gasteiger partial charge in [0, 0.05) is 0 Å². The van der Waals surface area contributed by atoms with Crippen molar-refractivity contribution in [1.82, 2.24) is 0 Å². The van der Waals surface area contributed by atoms with E-state index in [1.165, 1.54) is 26.0 Å². The number of nitrogen functional groups attached to an aromatic ring is 1. The Bertz CT molecular complexity index is 289. The first-order chi connectivity index (χ1) is 5.41. The standard InChI is InChI=1S/C9H11F2N/c1-9(2,11)6-3-4-8(12)7(10)5-6/h3-5H,12H2,1-2H3. The molecule has 0 aliphatic rings. The number of hydrogen-bond acceptors (Lipinski definition) is 1. The lowest BCUT2D eigenvalue weighted by molar-refractivity contribution is 0.221. The first kappa shape index (κ1) is 8.97. The van der Waals surface area contributed by atoms with E-state index in [-0.39, 0.29) is 5.69 Å². The van der Waals surface area contributed by atoms with E-state index in [1.54, 1.807) is 0 Å². The monoisotopic (exact) mass is 171 g/mol. The fourth-order valence-electron chi connectivity index (χ4n) is 0.897. The van der Waals surface area contributed by atoms with Crippen LogP contribution in [-0.4, -0.2) is 0 Å². The molecule has 12 heavy (non-hydrogen) atoms. The van der Waals surface area contributed by atoms with Crippen LogP contribution in [0.2, 0.25) is 0 Å². The van der Waals surface area contributed by atoms with Gasteiger partial charge in [-0.25, -0.2) is 8.78 Å². The maximum Gasteiger partial charge on any atom is 0.146 e. The molecule has 0 saturated carbocycles. The first-order valence-corrected chi connectivity index (χ1v) is 3.65. The molecule has 0 aromatic heterocycles. The SMILES string of the molecule is CC(C)(F)c1ccc(N)c(F)c1. The van der Waals surface area contributed by atoms with Crippen LogP contribution < -0.4 is 5.73 Å². The zero-order valence-corrected chi connectivity index (χ0v) is 7.07. The molecular formula is C9H11F2N. The summed E-state index contributed by atoms with van der Waals surface area (Å²) in [6.07, 6.45) is 0. The van der Waals surface area contributed by atoms with Gasteiger partial charge in [-0.15, -0.1) is 0 Å². The molecule has 0 saturated heterocycles. The molecule has 0 radical (unpaired) electrons. The lowest BCUT2D eigenvalue weighted by atomic mass is 10.00. The molecule has 2 N–H and O–H groups in total. The summed E-state index contributed by atoms with van der Waals surface area (Å²) in [7, 11) is 0. The molecule has 0 atom stereocenters. The van der Waals surface area contributed by atoms with Crippen LogP contribution >= 0.6 is 0 Å². The van der Waals surface area contributed by atoms with Gasteiger partial charge in [-0.2, -0.15) is 0 Å². The molecule has 1 aromatic carbocycles. The van der Waals surface area contributed by atoms with E-state index in [0.717, 1.165) is 6.07 Å². The number of benzene rings is 1. The van der Waals surface area contributed by atoms with Crippen LogP contribution in [0.4, 0.5) is 14.5 Å². The van der Waals surface area contributed by atoms with Gasteiger partial charge in [0.1, 0.15) is 11.5 Å². The van der Waals surface area contributed by atoms with E-state index < -0.39 is 11.5 Å². The minimum atomic E-state index is -1.52. The Morgan fingerprint density at radius 2 is 1.92 bits per heavy atom. The van der Waals surface area contributed by atoms with Gasteiger partial charge < -0.3 is 5.73 Å². The van der Waals surface area contributed by atoms with E-state index in [1.807, 2.05) is 0 Å². The third kappa shape index (κ3) is 1.72. The summed E-state index contributed by atoms with van der Waals surface area (Å²) in [4.78, 5) is 0. The predicted octanol–water partition coefficient (Wildman–Crippen LogP) is 2.61. The maximum atomic E-state index is 13.2. The molecule has 0 amide bonds. The van der Waals surface area contributed by atoms with Gasteiger partial charge >= 0.3 is 0 Å². The van der Waals surface area contributed by atoms with Gasteiger partial charge in [-0.05, 0) is 31.5 Å². The van der Waals surface area contributed by atoms with Crippen molar-refractivity contribution in [3.63, 3.8) is 0 Å². The molecule has 1 aromatic rings. The fourth-order valence-corrected chi connectivity index (χ4v) is 0.897. The van der Waals surface area contributed by atoms with E-state index in [0.29, 0.717) is 5.56 Å².